The van der Waals surface area contributed by atoms with Crippen molar-refractivity contribution < 1.29 is 23.9 Å². The molecule has 3 aromatic rings. The van der Waals surface area contributed by atoms with Crippen LogP contribution in [0.4, 0.5) is 9.18 Å². The minimum atomic E-state index is -0.905. The van der Waals surface area contributed by atoms with E-state index in [1.165, 1.54) is 39.2 Å². The second-order valence-corrected chi connectivity index (χ2v) is 10.9. The molecule has 0 saturated carbocycles. The number of nitrogens with one attached hydrogen (secondary N) is 1. The lowest BCUT2D eigenvalue weighted by atomic mass is 9.98. The molecule has 9 nitrogen and oxygen atoms in total. The van der Waals surface area contributed by atoms with Gasteiger partial charge in [0.1, 0.15) is 23.8 Å². The molecule has 3 aromatic carbocycles. The van der Waals surface area contributed by atoms with Gasteiger partial charge in [-0.1, -0.05) is 53.5 Å². The molecular weight excluding hydrogens is 572 g/mol. The molecule has 4 amide bonds. The quantitative estimate of drug-likeness (QED) is 0.446. The van der Waals surface area contributed by atoms with Crippen LogP contribution in [0.2, 0.25) is 10.0 Å². The number of phenols is 1. The Morgan fingerprint density at radius 2 is 1.71 bits per heavy atom. The number of carbonyl (C=O) groups is 3. The van der Waals surface area contributed by atoms with Gasteiger partial charge in [0.25, 0.3) is 0 Å². The zero-order valence-corrected chi connectivity index (χ0v) is 23.6. The predicted octanol–water partition coefficient (Wildman–Crippen LogP) is 4.02. The summed E-state index contributed by atoms with van der Waals surface area (Å²) >= 11 is 12.5. The first-order valence-corrected chi connectivity index (χ1v) is 13.7. The third-order valence-corrected chi connectivity index (χ3v) is 7.83. The summed E-state index contributed by atoms with van der Waals surface area (Å²) in [5.41, 5.74) is 2.12. The van der Waals surface area contributed by atoms with Crippen LogP contribution in [0.15, 0.2) is 66.7 Å². The normalized spacial score (nSPS) is 19.4. The Kier molecular flexibility index (Phi) is 8.35. The van der Waals surface area contributed by atoms with Gasteiger partial charge in [-0.15, -0.1) is 0 Å². The molecule has 0 spiro atoms. The third kappa shape index (κ3) is 6.24. The number of hydrazine groups is 1. The number of phenolic OH excluding ortho intramolecular Hbond substituents is 1. The van der Waals surface area contributed by atoms with E-state index in [-0.39, 0.29) is 56.0 Å². The number of fused-ring (bicyclic) bond motifs is 1. The van der Waals surface area contributed by atoms with E-state index in [2.05, 4.69) is 5.32 Å². The molecule has 0 aliphatic carbocycles. The number of aromatic hydroxyl groups is 1. The second kappa shape index (κ2) is 11.9. The average Bonchev–Trinajstić information content (AvgIpc) is 2.93. The molecule has 0 aromatic heterocycles. The number of urea groups is 1. The minimum absolute atomic E-state index is 0.0456. The van der Waals surface area contributed by atoms with Crippen molar-refractivity contribution in [1.82, 2.24) is 25.1 Å². The molecule has 2 heterocycles. The highest BCUT2D eigenvalue weighted by molar-refractivity contribution is 6.35. The first-order chi connectivity index (χ1) is 19.6. The van der Waals surface area contributed by atoms with Crippen LogP contribution in [0.5, 0.6) is 5.75 Å². The monoisotopic (exact) mass is 599 g/mol. The van der Waals surface area contributed by atoms with Gasteiger partial charge >= 0.3 is 6.03 Å². The van der Waals surface area contributed by atoms with Crippen LogP contribution in [0.3, 0.4) is 0 Å². The van der Waals surface area contributed by atoms with E-state index in [0.717, 1.165) is 5.56 Å². The zero-order valence-electron chi connectivity index (χ0n) is 22.1. The number of piperazine rings is 1. The van der Waals surface area contributed by atoms with Gasteiger partial charge in [-0.2, -0.15) is 0 Å². The van der Waals surface area contributed by atoms with Gasteiger partial charge in [-0.3, -0.25) is 9.59 Å². The summed E-state index contributed by atoms with van der Waals surface area (Å²) in [5, 5.41) is 16.4. The van der Waals surface area contributed by atoms with Crippen LogP contribution in [-0.4, -0.2) is 75.1 Å². The number of rotatable bonds is 6. The molecule has 12 heteroatoms. The molecule has 41 heavy (non-hydrogen) atoms. The third-order valence-electron chi connectivity index (χ3n) is 7.25. The standard InChI is InChI=1S/C29H28Cl2FN5O4/c1-34-17-27(39)36-25(12-18-4-10-23(38)11-5-18)28(40)35(15-20-6-7-21(30)13-24(20)31)16-26(36)37(34)29(41)33-14-19-2-8-22(32)9-3-19/h2-11,13,25-26,38H,12,14-17H2,1H3,(H,33,41)/t25-,26-/m0/s1. The van der Waals surface area contributed by atoms with Gasteiger partial charge in [0.2, 0.25) is 11.8 Å². The fraction of sp³-hybridized carbons (Fsp3) is 0.276. The first kappa shape index (κ1) is 28.7. The summed E-state index contributed by atoms with van der Waals surface area (Å²) in [6.45, 7) is 0.227. The average molecular weight is 600 g/mol. The number of hydrogen-bond acceptors (Lipinski definition) is 5. The second-order valence-electron chi connectivity index (χ2n) is 10.1. The molecule has 214 valence electrons. The van der Waals surface area contributed by atoms with Crippen LogP contribution in [-0.2, 0) is 29.1 Å². The molecule has 2 aliphatic rings. The van der Waals surface area contributed by atoms with Gasteiger partial charge < -0.3 is 20.2 Å². The fourth-order valence-corrected chi connectivity index (χ4v) is 5.69. The van der Waals surface area contributed by atoms with E-state index < -0.39 is 18.2 Å². The topological polar surface area (TPSA) is 96.4 Å². The van der Waals surface area contributed by atoms with Gasteiger partial charge in [0, 0.05) is 36.6 Å². The van der Waals surface area contributed by atoms with Crippen molar-refractivity contribution in [1.29, 1.82) is 0 Å². The van der Waals surface area contributed by atoms with Gasteiger partial charge in [-0.25, -0.2) is 19.2 Å². The maximum Gasteiger partial charge on any atom is 0.334 e. The highest BCUT2D eigenvalue weighted by atomic mass is 35.5. The van der Waals surface area contributed by atoms with E-state index in [1.54, 1.807) is 54.4 Å². The predicted molar refractivity (Wildman–Crippen MR) is 151 cm³/mol. The van der Waals surface area contributed by atoms with Crippen LogP contribution in [0.25, 0.3) is 0 Å². The van der Waals surface area contributed by atoms with Crippen molar-refractivity contribution in [3.8, 4) is 5.75 Å². The molecule has 0 unspecified atom stereocenters. The Morgan fingerprint density at radius 1 is 1.02 bits per heavy atom. The molecule has 2 saturated heterocycles. The van der Waals surface area contributed by atoms with E-state index in [0.29, 0.717) is 21.2 Å². The van der Waals surface area contributed by atoms with Crippen LogP contribution in [0, 0.1) is 5.82 Å². The van der Waals surface area contributed by atoms with Crippen molar-refractivity contribution in [3.63, 3.8) is 0 Å². The molecular formula is C29H28Cl2FN5O4. The Hall–Kier alpha value is -3.86. The van der Waals surface area contributed by atoms with E-state index in [1.807, 2.05) is 0 Å². The maximum atomic E-state index is 13.9. The summed E-state index contributed by atoms with van der Waals surface area (Å²) < 4.78 is 13.3. The van der Waals surface area contributed by atoms with Crippen molar-refractivity contribution in [2.75, 3.05) is 20.1 Å². The molecule has 5 rings (SSSR count). The number of likely N-dealkylation sites (N-methyl/N-ethyl adjacent to an activating group) is 1. The van der Waals surface area contributed by atoms with Crippen LogP contribution in [0.1, 0.15) is 16.7 Å². The van der Waals surface area contributed by atoms with E-state index in [4.69, 9.17) is 23.2 Å². The Morgan fingerprint density at radius 3 is 2.39 bits per heavy atom. The number of halogens is 3. The number of benzene rings is 3. The largest absolute Gasteiger partial charge is 0.508 e. The highest BCUT2D eigenvalue weighted by Gasteiger charge is 2.50. The van der Waals surface area contributed by atoms with Crippen LogP contribution < -0.4 is 5.32 Å². The Labute approximate surface area is 246 Å². The summed E-state index contributed by atoms with van der Waals surface area (Å²) in [6.07, 6.45) is -0.624. The summed E-state index contributed by atoms with van der Waals surface area (Å²) in [4.78, 5) is 44.0. The van der Waals surface area contributed by atoms with Crippen molar-refractivity contribution in [2.24, 2.45) is 0 Å². The summed E-state index contributed by atoms with van der Waals surface area (Å²) in [6, 6.07) is 15.9. The van der Waals surface area contributed by atoms with Gasteiger partial charge in [-0.05, 0) is 53.1 Å². The molecule has 2 aliphatic heterocycles. The Bertz CT molecular complexity index is 1460. The smallest absolute Gasteiger partial charge is 0.334 e. The lowest BCUT2D eigenvalue weighted by Gasteiger charge is -2.54. The molecule has 2 N–H and O–H groups in total. The lowest BCUT2D eigenvalue weighted by molar-refractivity contribution is -0.187. The highest BCUT2D eigenvalue weighted by Crippen LogP contribution is 2.30. The van der Waals surface area contributed by atoms with Gasteiger partial charge in [0.05, 0.1) is 13.1 Å². The molecule has 0 radical (unpaired) electrons. The minimum Gasteiger partial charge on any atom is -0.508 e. The van der Waals surface area contributed by atoms with Crippen molar-refractivity contribution in [3.05, 3.63) is 99.3 Å². The number of amides is 4. The first-order valence-electron chi connectivity index (χ1n) is 12.9. The summed E-state index contributed by atoms with van der Waals surface area (Å²) in [7, 11) is 1.64. The lowest BCUT2D eigenvalue weighted by Crippen LogP contribution is -2.76. The molecule has 0 bridgehead atoms. The van der Waals surface area contributed by atoms with Crippen LogP contribution >= 0.6 is 23.2 Å². The Balaban J connectivity index is 1.46. The zero-order chi connectivity index (χ0) is 29.3. The van der Waals surface area contributed by atoms with Crippen molar-refractivity contribution >= 4 is 41.0 Å². The molecule has 2 atom stereocenters. The van der Waals surface area contributed by atoms with Crippen molar-refractivity contribution in [2.45, 2.75) is 31.7 Å². The van der Waals surface area contributed by atoms with Gasteiger partial charge in [0.15, 0.2) is 0 Å². The number of nitrogens with zero attached hydrogens (tertiary/aromatic N) is 4. The number of hydrogen-bond donors (Lipinski definition) is 2. The fourth-order valence-electron chi connectivity index (χ4n) is 5.22. The van der Waals surface area contributed by atoms with E-state index in [9.17, 15) is 23.9 Å². The maximum absolute atomic E-state index is 13.9. The SMILES string of the molecule is CN1CC(=O)N2[C@@H](Cc3ccc(O)cc3)C(=O)N(Cc3ccc(Cl)cc3Cl)C[C@@H]2N1C(=O)NCc1ccc(F)cc1. The number of carbonyl (C=O) groups excluding carboxylic acids is 3. The molecule has 2 fully saturated rings. The van der Waals surface area contributed by atoms with E-state index >= 15 is 0 Å². The summed E-state index contributed by atoms with van der Waals surface area (Å²) in [5.74, 6) is -0.871.